The van der Waals surface area contributed by atoms with Gasteiger partial charge in [0.05, 0.1) is 6.61 Å². The van der Waals surface area contributed by atoms with Gasteiger partial charge in [0, 0.05) is 55.4 Å². The van der Waals surface area contributed by atoms with E-state index in [1.807, 2.05) is 0 Å². The van der Waals surface area contributed by atoms with Gasteiger partial charge in [0.2, 0.25) is 0 Å². The summed E-state index contributed by atoms with van der Waals surface area (Å²) in [4.78, 5) is 2.34. The van der Waals surface area contributed by atoms with Gasteiger partial charge in [-0.1, -0.05) is 11.6 Å². The molecule has 23 heavy (non-hydrogen) atoms. The smallest absolute Gasteiger partial charge is 0.0501 e. The molecule has 126 valence electrons. The highest BCUT2D eigenvalue weighted by molar-refractivity contribution is 5.82. The molecule has 3 rings (SSSR count). The highest BCUT2D eigenvalue weighted by Crippen LogP contribution is 2.31. The van der Waals surface area contributed by atoms with E-state index >= 15 is 0 Å². The average Bonchev–Trinajstić information content (AvgIpc) is 2.83. The monoisotopic (exact) mass is 316 g/mol. The van der Waals surface area contributed by atoms with Crippen LogP contribution in [0.1, 0.15) is 24.1 Å². The number of aliphatic hydroxyl groups excluding tert-OH is 1. The molecule has 0 amide bonds. The Kier molecular flexibility index (Phi) is 4.76. The zero-order chi connectivity index (χ0) is 16.4. The Balaban J connectivity index is 1.74. The van der Waals surface area contributed by atoms with Crippen molar-refractivity contribution >= 4 is 10.9 Å². The van der Waals surface area contributed by atoms with Crippen molar-refractivity contribution < 1.29 is 9.84 Å². The van der Waals surface area contributed by atoms with Crippen LogP contribution in [-0.4, -0.2) is 48.0 Å². The van der Waals surface area contributed by atoms with Gasteiger partial charge in [-0.15, -0.1) is 0 Å². The number of aromatic nitrogens is 1. The lowest BCUT2D eigenvalue weighted by atomic mass is 9.80. The molecule has 2 heterocycles. The normalized spacial score (nSPS) is 18.0. The molecule has 0 unspecified atom stereocenters. The van der Waals surface area contributed by atoms with E-state index in [1.54, 1.807) is 0 Å². The fourth-order valence-corrected chi connectivity index (χ4v) is 3.75. The van der Waals surface area contributed by atoms with Crippen LogP contribution in [-0.2, 0) is 18.3 Å². The van der Waals surface area contributed by atoms with Crippen molar-refractivity contribution in [3.8, 4) is 0 Å². The highest BCUT2D eigenvalue weighted by atomic mass is 16.5. The van der Waals surface area contributed by atoms with E-state index in [1.165, 1.54) is 22.2 Å². The molecule has 0 saturated carbocycles. The fourth-order valence-electron chi connectivity index (χ4n) is 3.75. The van der Waals surface area contributed by atoms with E-state index in [4.69, 9.17) is 4.74 Å². The first kappa shape index (κ1) is 16.5. The van der Waals surface area contributed by atoms with Gasteiger partial charge >= 0.3 is 0 Å². The summed E-state index contributed by atoms with van der Waals surface area (Å²) in [5, 5.41) is 11.2. The van der Waals surface area contributed by atoms with E-state index in [9.17, 15) is 5.11 Å². The number of aryl methyl sites for hydroxylation is 2. The quantitative estimate of drug-likeness (QED) is 0.921. The number of aliphatic hydroxyl groups is 1. The first-order valence-electron chi connectivity index (χ1n) is 8.45. The Morgan fingerprint density at radius 2 is 2.00 bits per heavy atom. The maximum Gasteiger partial charge on any atom is 0.0501 e. The minimum atomic E-state index is -0.00578. The Morgan fingerprint density at radius 1 is 1.26 bits per heavy atom. The van der Waals surface area contributed by atoms with Gasteiger partial charge in [0.1, 0.15) is 0 Å². The Hall–Kier alpha value is -1.36. The first-order valence-corrected chi connectivity index (χ1v) is 8.45. The van der Waals surface area contributed by atoms with Gasteiger partial charge in [-0.2, -0.15) is 0 Å². The zero-order valence-electron chi connectivity index (χ0n) is 14.5. The summed E-state index contributed by atoms with van der Waals surface area (Å²) >= 11 is 0. The standard InChI is InChI=1S/C19H28N2O2/c1-15-4-5-18-16(10-15)11-17(21(18)3)12-20(2)13-19(14-22)6-8-23-9-7-19/h4-5,10-11,22H,6-9,12-14H2,1-3H3. The first-order chi connectivity index (χ1) is 11.0. The summed E-state index contributed by atoms with van der Waals surface area (Å²) in [7, 11) is 4.28. The van der Waals surface area contributed by atoms with Crippen LogP contribution in [0.3, 0.4) is 0 Å². The van der Waals surface area contributed by atoms with Crippen LogP contribution in [0, 0.1) is 12.3 Å². The predicted octanol–water partition coefficient (Wildman–Crippen LogP) is 2.71. The van der Waals surface area contributed by atoms with E-state index in [2.05, 4.69) is 54.8 Å². The Morgan fingerprint density at radius 3 is 2.70 bits per heavy atom. The van der Waals surface area contributed by atoms with E-state index in [0.29, 0.717) is 0 Å². The summed E-state index contributed by atoms with van der Waals surface area (Å²) in [5.74, 6) is 0. The molecule has 4 heteroatoms. The summed E-state index contributed by atoms with van der Waals surface area (Å²) in [6, 6.07) is 8.89. The molecule has 0 aliphatic carbocycles. The molecule has 0 atom stereocenters. The third-order valence-corrected chi connectivity index (χ3v) is 5.22. The van der Waals surface area contributed by atoms with Crippen molar-refractivity contribution in [2.45, 2.75) is 26.3 Å². The number of benzene rings is 1. The van der Waals surface area contributed by atoms with Gasteiger partial charge < -0.3 is 14.4 Å². The minimum absolute atomic E-state index is 0.00578. The van der Waals surface area contributed by atoms with E-state index in [-0.39, 0.29) is 12.0 Å². The van der Waals surface area contributed by atoms with Gasteiger partial charge in [0.25, 0.3) is 0 Å². The molecule has 0 radical (unpaired) electrons. The lowest BCUT2D eigenvalue weighted by molar-refractivity contribution is -0.0320. The van der Waals surface area contributed by atoms with Gasteiger partial charge in [-0.25, -0.2) is 0 Å². The van der Waals surface area contributed by atoms with Crippen LogP contribution in [0.15, 0.2) is 24.3 Å². The SMILES string of the molecule is Cc1ccc2c(c1)cc(CN(C)CC1(CO)CCOCC1)n2C. The number of nitrogens with zero attached hydrogens (tertiary/aromatic N) is 2. The molecule has 1 aromatic carbocycles. The van der Waals surface area contributed by atoms with Gasteiger partial charge in [0.15, 0.2) is 0 Å². The molecule has 1 aliphatic heterocycles. The number of hydrogen-bond acceptors (Lipinski definition) is 3. The summed E-state index contributed by atoms with van der Waals surface area (Å²) in [6.45, 7) is 5.72. The number of fused-ring (bicyclic) bond motifs is 1. The molecule has 4 nitrogen and oxygen atoms in total. The van der Waals surface area contributed by atoms with E-state index < -0.39 is 0 Å². The summed E-state index contributed by atoms with van der Waals surface area (Å²) < 4.78 is 7.74. The molecule has 2 aromatic rings. The highest BCUT2D eigenvalue weighted by Gasteiger charge is 2.33. The van der Waals surface area contributed by atoms with Crippen LogP contribution >= 0.6 is 0 Å². The number of hydrogen-bond donors (Lipinski definition) is 1. The second-order valence-electron chi connectivity index (χ2n) is 7.20. The molecule has 1 fully saturated rings. The van der Waals surface area contributed by atoms with Crippen molar-refractivity contribution in [1.82, 2.24) is 9.47 Å². The average molecular weight is 316 g/mol. The number of ether oxygens (including phenoxy) is 1. The lowest BCUT2D eigenvalue weighted by Gasteiger charge is -2.38. The molecule has 1 aromatic heterocycles. The third-order valence-electron chi connectivity index (χ3n) is 5.22. The van der Waals surface area contributed by atoms with Gasteiger partial charge in [-0.3, -0.25) is 4.90 Å². The maximum atomic E-state index is 9.87. The van der Waals surface area contributed by atoms with Gasteiger partial charge in [-0.05, 0) is 45.0 Å². The fraction of sp³-hybridized carbons (Fsp3) is 0.579. The number of rotatable bonds is 5. The lowest BCUT2D eigenvalue weighted by Crippen LogP contribution is -2.42. The third kappa shape index (κ3) is 3.44. The summed E-state index contributed by atoms with van der Waals surface area (Å²) in [5.41, 5.74) is 3.88. The molecule has 0 spiro atoms. The Bertz CT molecular complexity index is 671. The summed E-state index contributed by atoms with van der Waals surface area (Å²) in [6.07, 6.45) is 1.89. The zero-order valence-corrected chi connectivity index (χ0v) is 14.5. The molecule has 1 N–H and O–H groups in total. The van der Waals surface area contributed by atoms with Crippen LogP contribution < -0.4 is 0 Å². The topological polar surface area (TPSA) is 37.6 Å². The van der Waals surface area contributed by atoms with Crippen molar-refractivity contribution in [2.75, 3.05) is 33.4 Å². The van der Waals surface area contributed by atoms with Crippen molar-refractivity contribution in [3.05, 3.63) is 35.5 Å². The van der Waals surface area contributed by atoms with Crippen molar-refractivity contribution in [2.24, 2.45) is 12.5 Å². The predicted molar refractivity (Wildman–Crippen MR) is 93.6 cm³/mol. The van der Waals surface area contributed by atoms with Crippen LogP contribution in [0.5, 0.6) is 0 Å². The van der Waals surface area contributed by atoms with Crippen LogP contribution in [0.25, 0.3) is 10.9 Å². The largest absolute Gasteiger partial charge is 0.396 e. The van der Waals surface area contributed by atoms with Crippen LogP contribution in [0.4, 0.5) is 0 Å². The second kappa shape index (κ2) is 6.63. The minimum Gasteiger partial charge on any atom is -0.396 e. The molecular formula is C19H28N2O2. The molecule has 1 aliphatic rings. The van der Waals surface area contributed by atoms with Crippen molar-refractivity contribution in [3.63, 3.8) is 0 Å². The molecular weight excluding hydrogens is 288 g/mol. The second-order valence-corrected chi connectivity index (χ2v) is 7.20. The van der Waals surface area contributed by atoms with Crippen molar-refractivity contribution in [1.29, 1.82) is 0 Å². The maximum absolute atomic E-state index is 9.87. The van der Waals surface area contributed by atoms with E-state index in [0.717, 1.165) is 39.1 Å². The molecule has 0 bridgehead atoms. The Labute approximate surface area is 138 Å². The molecule has 1 saturated heterocycles. The van der Waals surface area contributed by atoms with Crippen LogP contribution in [0.2, 0.25) is 0 Å².